The highest BCUT2D eigenvalue weighted by Crippen LogP contribution is 2.41. The summed E-state index contributed by atoms with van der Waals surface area (Å²) in [5.41, 5.74) is 8.84. The lowest BCUT2D eigenvalue weighted by molar-refractivity contribution is 0.930. The summed E-state index contributed by atoms with van der Waals surface area (Å²) in [4.78, 5) is 1.66. The van der Waals surface area contributed by atoms with E-state index in [0.29, 0.717) is 15.6 Å². The molecular weight excluding hydrogens is 391 g/mol. The molecule has 0 saturated heterocycles. The van der Waals surface area contributed by atoms with E-state index in [9.17, 15) is 0 Å². The average molecular weight is 403 g/mol. The second-order valence-electron chi connectivity index (χ2n) is 4.14. The van der Waals surface area contributed by atoms with E-state index < -0.39 is 0 Å². The third-order valence-electron chi connectivity index (χ3n) is 2.82. The van der Waals surface area contributed by atoms with E-state index in [1.54, 1.807) is 0 Å². The van der Waals surface area contributed by atoms with Gasteiger partial charge >= 0.3 is 0 Å². The van der Waals surface area contributed by atoms with E-state index in [2.05, 4.69) is 35.6 Å². The number of hydrogen-bond donors (Lipinski definition) is 1. The van der Waals surface area contributed by atoms with Gasteiger partial charge in [-0.15, -0.1) is 11.3 Å². The highest BCUT2D eigenvalue weighted by molar-refractivity contribution is 14.1. The number of benzene rings is 1. The van der Waals surface area contributed by atoms with Crippen LogP contribution in [0.4, 0.5) is 5.69 Å². The first-order chi connectivity index (χ1) is 9.08. The zero-order chi connectivity index (χ0) is 14.0. The maximum absolute atomic E-state index is 9.15. The fourth-order valence-corrected chi connectivity index (χ4v) is 4.01. The van der Waals surface area contributed by atoms with Crippen molar-refractivity contribution in [3.63, 3.8) is 0 Å². The van der Waals surface area contributed by atoms with Crippen molar-refractivity contribution >= 4 is 51.2 Å². The van der Waals surface area contributed by atoms with Crippen LogP contribution in [-0.2, 0) is 6.42 Å². The SMILES string of the molecule is CCCc1c(-c2cc(Cl)ccc2I)sc(C#N)c1N. The molecule has 2 nitrogen and oxygen atoms in total. The largest absolute Gasteiger partial charge is 0.397 e. The molecular formula is C14H12ClIN2S. The molecule has 1 aromatic carbocycles. The van der Waals surface area contributed by atoms with Crippen molar-refractivity contribution in [2.24, 2.45) is 0 Å². The molecule has 0 aliphatic carbocycles. The molecule has 0 fully saturated rings. The van der Waals surface area contributed by atoms with E-state index in [4.69, 9.17) is 22.6 Å². The van der Waals surface area contributed by atoms with Gasteiger partial charge in [-0.25, -0.2) is 0 Å². The lowest BCUT2D eigenvalue weighted by Crippen LogP contribution is -1.93. The first-order valence-corrected chi connectivity index (χ1v) is 8.12. The predicted octanol–water partition coefficient (Wildman–Crippen LogP) is 5.08. The van der Waals surface area contributed by atoms with Crippen molar-refractivity contribution < 1.29 is 0 Å². The molecule has 1 aromatic heterocycles. The molecule has 0 aliphatic rings. The second-order valence-corrected chi connectivity index (χ2v) is 6.76. The molecule has 0 bridgehead atoms. The molecule has 5 heteroatoms. The van der Waals surface area contributed by atoms with Gasteiger partial charge in [0.05, 0.1) is 5.69 Å². The number of hydrogen-bond acceptors (Lipinski definition) is 3. The standard InChI is InChI=1S/C14H12ClIN2S/c1-2-3-9-13(18)12(7-17)19-14(9)10-6-8(15)4-5-11(10)16/h4-6H,2-3,18H2,1H3. The topological polar surface area (TPSA) is 49.8 Å². The molecule has 2 aromatic rings. The van der Waals surface area contributed by atoms with Gasteiger partial charge in [-0.2, -0.15) is 5.26 Å². The Kier molecular flexibility index (Phi) is 4.71. The zero-order valence-electron chi connectivity index (χ0n) is 10.3. The summed E-state index contributed by atoms with van der Waals surface area (Å²) in [5.74, 6) is 0. The Balaban J connectivity index is 2.67. The van der Waals surface area contributed by atoms with Crippen molar-refractivity contribution in [2.45, 2.75) is 19.8 Å². The van der Waals surface area contributed by atoms with E-state index >= 15 is 0 Å². The molecule has 0 spiro atoms. The molecule has 0 atom stereocenters. The summed E-state index contributed by atoms with van der Waals surface area (Å²) in [5, 5.41) is 9.85. The molecule has 98 valence electrons. The summed E-state index contributed by atoms with van der Waals surface area (Å²) in [6.45, 7) is 2.11. The Bertz CT molecular complexity index is 658. The fourth-order valence-electron chi connectivity index (χ4n) is 1.95. The molecule has 2 N–H and O–H groups in total. The number of rotatable bonds is 3. The second kappa shape index (κ2) is 6.12. The van der Waals surface area contributed by atoms with Crippen LogP contribution in [0.3, 0.4) is 0 Å². The minimum atomic E-state index is 0.592. The Morgan fingerprint density at radius 1 is 1.47 bits per heavy atom. The van der Waals surface area contributed by atoms with Crippen LogP contribution >= 0.6 is 45.5 Å². The maximum atomic E-state index is 9.15. The predicted molar refractivity (Wildman–Crippen MR) is 90.6 cm³/mol. The van der Waals surface area contributed by atoms with Crippen LogP contribution in [0, 0.1) is 14.9 Å². The summed E-state index contributed by atoms with van der Waals surface area (Å²) in [6.07, 6.45) is 1.87. The highest BCUT2D eigenvalue weighted by atomic mass is 127. The molecule has 0 unspecified atom stereocenters. The van der Waals surface area contributed by atoms with Crippen LogP contribution in [0.2, 0.25) is 5.02 Å². The maximum Gasteiger partial charge on any atom is 0.128 e. The average Bonchev–Trinajstić information content (AvgIpc) is 2.70. The van der Waals surface area contributed by atoms with E-state index in [-0.39, 0.29) is 0 Å². The number of thiophene rings is 1. The third kappa shape index (κ3) is 2.88. The third-order valence-corrected chi connectivity index (χ3v) is 5.18. The van der Waals surface area contributed by atoms with Gasteiger partial charge in [0.2, 0.25) is 0 Å². The number of nitrogen functional groups attached to an aromatic ring is 1. The van der Waals surface area contributed by atoms with Crippen molar-refractivity contribution in [3.8, 4) is 16.5 Å². The monoisotopic (exact) mass is 402 g/mol. The normalized spacial score (nSPS) is 10.4. The van der Waals surface area contributed by atoms with Gasteiger partial charge in [0, 0.05) is 19.0 Å². The van der Waals surface area contributed by atoms with Gasteiger partial charge in [0.25, 0.3) is 0 Å². The summed E-state index contributed by atoms with van der Waals surface area (Å²) in [7, 11) is 0. The quantitative estimate of drug-likeness (QED) is 0.728. The molecule has 1 heterocycles. The zero-order valence-corrected chi connectivity index (χ0v) is 14.1. The van der Waals surface area contributed by atoms with Crippen LogP contribution < -0.4 is 5.73 Å². The van der Waals surface area contributed by atoms with E-state index in [0.717, 1.165) is 32.4 Å². The van der Waals surface area contributed by atoms with Crippen molar-refractivity contribution in [1.29, 1.82) is 5.26 Å². The van der Waals surface area contributed by atoms with E-state index in [1.807, 2.05) is 18.2 Å². The minimum Gasteiger partial charge on any atom is -0.397 e. The number of anilines is 1. The van der Waals surface area contributed by atoms with Gasteiger partial charge in [0.1, 0.15) is 10.9 Å². The number of nitrogens with zero attached hydrogens (tertiary/aromatic N) is 1. The Hall–Kier alpha value is -0.770. The highest BCUT2D eigenvalue weighted by Gasteiger charge is 2.18. The number of nitrogens with two attached hydrogens (primary N) is 1. The number of nitriles is 1. The molecule has 19 heavy (non-hydrogen) atoms. The Morgan fingerprint density at radius 2 is 2.21 bits per heavy atom. The van der Waals surface area contributed by atoms with Crippen LogP contribution in [0.5, 0.6) is 0 Å². The minimum absolute atomic E-state index is 0.592. The van der Waals surface area contributed by atoms with Gasteiger partial charge in [-0.05, 0) is 52.8 Å². The van der Waals surface area contributed by atoms with E-state index in [1.165, 1.54) is 11.3 Å². The summed E-state index contributed by atoms with van der Waals surface area (Å²) < 4.78 is 1.12. The van der Waals surface area contributed by atoms with Crippen LogP contribution in [-0.4, -0.2) is 0 Å². The number of halogens is 2. The van der Waals surface area contributed by atoms with Gasteiger partial charge in [0.15, 0.2) is 0 Å². The molecule has 0 amide bonds. The smallest absolute Gasteiger partial charge is 0.128 e. The van der Waals surface area contributed by atoms with Crippen LogP contribution in [0.1, 0.15) is 23.8 Å². The molecule has 0 radical (unpaired) electrons. The Labute approximate surface area is 135 Å². The van der Waals surface area contributed by atoms with Crippen molar-refractivity contribution in [2.75, 3.05) is 5.73 Å². The summed E-state index contributed by atoms with van der Waals surface area (Å²) in [6, 6.07) is 7.97. The lowest BCUT2D eigenvalue weighted by Gasteiger charge is -2.07. The first-order valence-electron chi connectivity index (χ1n) is 5.85. The Morgan fingerprint density at radius 3 is 2.84 bits per heavy atom. The first kappa shape index (κ1) is 14.6. The van der Waals surface area contributed by atoms with Gasteiger partial charge in [-0.1, -0.05) is 24.9 Å². The van der Waals surface area contributed by atoms with Gasteiger partial charge in [-0.3, -0.25) is 0 Å². The molecule has 2 rings (SSSR count). The van der Waals surface area contributed by atoms with Crippen LogP contribution in [0.15, 0.2) is 18.2 Å². The van der Waals surface area contributed by atoms with Gasteiger partial charge < -0.3 is 5.73 Å². The van der Waals surface area contributed by atoms with Crippen LogP contribution in [0.25, 0.3) is 10.4 Å². The summed E-state index contributed by atoms with van der Waals surface area (Å²) >= 11 is 9.82. The van der Waals surface area contributed by atoms with Crippen molar-refractivity contribution in [3.05, 3.63) is 37.2 Å². The van der Waals surface area contributed by atoms with Crippen molar-refractivity contribution in [1.82, 2.24) is 0 Å². The lowest BCUT2D eigenvalue weighted by atomic mass is 10.0. The molecule has 0 aliphatic heterocycles. The fraction of sp³-hybridized carbons (Fsp3) is 0.214. The molecule has 0 saturated carbocycles.